The summed E-state index contributed by atoms with van der Waals surface area (Å²) < 4.78 is 0.977. The van der Waals surface area contributed by atoms with Gasteiger partial charge in [-0.1, -0.05) is 28.1 Å². The number of aliphatic hydroxyl groups excluding tert-OH is 1. The highest BCUT2D eigenvalue weighted by atomic mass is 79.9. The number of carboxylic acids is 1. The highest BCUT2D eigenvalue weighted by Crippen LogP contribution is 2.35. The summed E-state index contributed by atoms with van der Waals surface area (Å²) >= 11 is 3.47. The minimum atomic E-state index is -1.00. The number of rotatable bonds is 1. The van der Waals surface area contributed by atoms with E-state index in [0.717, 1.165) is 34.5 Å². The van der Waals surface area contributed by atoms with Crippen LogP contribution in [0.4, 0.5) is 0 Å². The Balaban J connectivity index is 2.47. The number of carboxylic acid groups (broad SMARTS) is 1. The summed E-state index contributed by atoms with van der Waals surface area (Å²) in [7, 11) is 0. The topological polar surface area (TPSA) is 57.5 Å². The summed E-state index contributed by atoms with van der Waals surface area (Å²) in [5, 5.41) is 19.0. The fourth-order valence-electron chi connectivity index (χ4n) is 2.21. The van der Waals surface area contributed by atoms with Crippen molar-refractivity contribution in [3.05, 3.63) is 45.4 Å². The fraction of sp³-hybridized carbons (Fsp3) is 0.308. The lowest BCUT2D eigenvalue weighted by molar-refractivity contribution is -0.131. The van der Waals surface area contributed by atoms with E-state index >= 15 is 0 Å². The lowest BCUT2D eigenvalue weighted by atomic mass is 9.98. The van der Waals surface area contributed by atoms with Crippen LogP contribution in [0.2, 0.25) is 0 Å². The first-order chi connectivity index (χ1) is 8.09. The van der Waals surface area contributed by atoms with E-state index in [0.29, 0.717) is 12.0 Å². The van der Waals surface area contributed by atoms with Crippen LogP contribution in [0.15, 0.2) is 34.3 Å². The molecule has 1 atom stereocenters. The van der Waals surface area contributed by atoms with Gasteiger partial charge in [0.15, 0.2) is 0 Å². The minimum absolute atomic E-state index is 0.578. The van der Waals surface area contributed by atoms with Crippen LogP contribution in [0.3, 0.4) is 0 Å². The Morgan fingerprint density at radius 2 is 2.18 bits per heavy atom. The van der Waals surface area contributed by atoms with Crippen molar-refractivity contribution in [3.8, 4) is 0 Å². The zero-order valence-corrected chi connectivity index (χ0v) is 10.8. The summed E-state index contributed by atoms with van der Waals surface area (Å²) in [5.41, 5.74) is 2.47. The van der Waals surface area contributed by atoms with E-state index in [1.54, 1.807) is 0 Å². The number of aliphatic carboxylic acids is 1. The molecule has 4 heteroatoms. The highest BCUT2D eigenvalue weighted by molar-refractivity contribution is 9.10. The molecular formula is C13H13BrO3. The van der Waals surface area contributed by atoms with Gasteiger partial charge in [-0.3, -0.25) is 0 Å². The second-order valence-electron chi connectivity index (χ2n) is 4.12. The van der Waals surface area contributed by atoms with Gasteiger partial charge in [-0.05, 0) is 42.0 Å². The molecule has 2 rings (SSSR count). The van der Waals surface area contributed by atoms with Crippen LogP contribution in [0.1, 0.15) is 30.1 Å². The summed E-state index contributed by atoms with van der Waals surface area (Å²) in [6.45, 7) is 0. The maximum Gasteiger partial charge on any atom is 0.328 e. The third-order valence-corrected chi connectivity index (χ3v) is 3.74. The largest absolute Gasteiger partial charge is 0.478 e. The maximum atomic E-state index is 10.7. The Morgan fingerprint density at radius 3 is 2.88 bits per heavy atom. The number of halogens is 1. The van der Waals surface area contributed by atoms with Crippen LogP contribution in [0.5, 0.6) is 0 Å². The zero-order valence-electron chi connectivity index (χ0n) is 9.19. The van der Waals surface area contributed by atoms with E-state index in [1.807, 2.05) is 18.2 Å². The molecule has 0 saturated heterocycles. The van der Waals surface area contributed by atoms with Crippen molar-refractivity contribution in [2.75, 3.05) is 0 Å². The molecule has 1 aromatic rings. The van der Waals surface area contributed by atoms with Gasteiger partial charge in [0.2, 0.25) is 0 Å². The lowest BCUT2D eigenvalue weighted by Crippen LogP contribution is -2.04. The third-order valence-electron chi connectivity index (χ3n) is 3.00. The minimum Gasteiger partial charge on any atom is -0.478 e. The number of fused-ring (bicyclic) bond motifs is 1. The summed E-state index contributed by atoms with van der Waals surface area (Å²) in [6.07, 6.45) is 2.65. The van der Waals surface area contributed by atoms with Crippen molar-refractivity contribution in [2.24, 2.45) is 0 Å². The van der Waals surface area contributed by atoms with E-state index < -0.39 is 12.1 Å². The van der Waals surface area contributed by atoms with Gasteiger partial charge in [-0.15, -0.1) is 0 Å². The summed E-state index contributed by atoms with van der Waals surface area (Å²) in [5.74, 6) is -1.00. The molecule has 2 N–H and O–H groups in total. The molecule has 1 unspecified atom stereocenters. The molecule has 0 fully saturated rings. The molecule has 1 aliphatic rings. The fourth-order valence-corrected chi connectivity index (χ4v) is 2.79. The van der Waals surface area contributed by atoms with Crippen molar-refractivity contribution < 1.29 is 15.0 Å². The van der Waals surface area contributed by atoms with E-state index in [-0.39, 0.29) is 0 Å². The first-order valence-corrected chi connectivity index (χ1v) is 6.27. The molecule has 0 heterocycles. The van der Waals surface area contributed by atoms with Gasteiger partial charge in [0, 0.05) is 10.5 Å². The van der Waals surface area contributed by atoms with Gasteiger partial charge < -0.3 is 10.2 Å². The van der Waals surface area contributed by atoms with Gasteiger partial charge in [0.25, 0.3) is 0 Å². The van der Waals surface area contributed by atoms with Crippen LogP contribution in [-0.4, -0.2) is 16.2 Å². The first kappa shape index (κ1) is 12.3. The van der Waals surface area contributed by atoms with Crippen LogP contribution in [-0.2, 0) is 11.2 Å². The van der Waals surface area contributed by atoms with Gasteiger partial charge in [0.05, 0.1) is 0 Å². The number of aliphatic hydroxyl groups is 1. The highest BCUT2D eigenvalue weighted by Gasteiger charge is 2.22. The monoisotopic (exact) mass is 296 g/mol. The Kier molecular flexibility index (Phi) is 3.64. The smallest absolute Gasteiger partial charge is 0.328 e. The van der Waals surface area contributed by atoms with Gasteiger partial charge in [0.1, 0.15) is 6.10 Å². The number of carbonyl (C=O) groups is 1. The van der Waals surface area contributed by atoms with Crippen LogP contribution < -0.4 is 0 Å². The first-order valence-electron chi connectivity index (χ1n) is 5.48. The summed E-state index contributed by atoms with van der Waals surface area (Å²) in [4.78, 5) is 10.7. The van der Waals surface area contributed by atoms with Crippen molar-refractivity contribution in [1.29, 1.82) is 0 Å². The molecule has 90 valence electrons. The quantitative estimate of drug-likeness (QED) is 0.619. The third kappa shape index (κ3) is 2.58. The molecule has 0 aliphatic heterocycles. The van der Waals surface area contributed by atoms with E-state index in [2.05, 4.69) is 15.9 Å². The average molecular weight is 297 g/mol. The molecule has 0 aromatic heterocycles. The van der Waals surface area contributed by atoms with Crippen LogP contribution >= 0.6 is 15.9 Å². The molecule has 0 bridgehead atoms. The number of benzene rings is 1. The number of hydrogen-bond donors (Lipinski definition) is 2. The maximum absolute atomic E-state index is 10.7. The van der Waals surface area contributed by atoms with Crippen molar-refractivity contribution in [2.45, 2.75) is 25.4 Å². The average Bonchev–Trinajstić information content (AvgIpc) is 2.41. The van der Waals surface area contributed by atoms with Gasteiger partial charge >= 0.3 is 5.97 Å². The van der Waals surface area contributed by atoms with Crippen LogP contribution in [0.25, 0.3) is 0 Å². The molecule has 1 aromatic carbocycles. The number of hydrogen-bond acceptors (Lipinski definition) is 2. The van der Waals surface area contributed by atoms with E-state index in [9.17, 15) is 9.90 Å². The predicted molar refractivity (Wildman–Crippen MR) is 67.8 cm³/mol. The van der Waals surface area contributed by atoms with Crippen molar-refractivity contribution >= 4 is 21.9 Å². The molecule has 3 nitrogen and oxygen atoms in total. The molecular weight excluding hydrogens is 284 g/mol. The molecule has 0 radical (unpaired) electrons. The zero-order chi connectivity index (χ0) is 12.4. The SMILES string of the molecule is O=C(O)/C=C1\CCCc2c(Br)cccc2C1O. The Hall–Kier alpha value is -1.13. The Labute approximate surface area is 108 Å². The molecule has 0 spiro atoms. The molecule has 1 aliphatic carbocycles. The van der Waals surface area contributed by atoms with Crippen LogP contribution in [0, 0.1) is 0 Å². The van der Waals surface area contributed by atoms with E-state index in [1.165, 1.54) is 0 Å². The lowest BCUT2D eigenvalue weighted by Gasteiger charge is -2.14. The normalized spacial score (nSPS) is 22.0. The molecule has 17 heavy (non-hydrogen) atoms. The Morgan fingerprint density at radius 1 is 1.41 bits per heavy atom. The van der Waals surface area contributed by atoms with Gasteiger partial charge in [-0.2, -0.15) is 0 Å². The molecule has 0 amide bonds. The Bertz CT molecular complexity index is 480. The summed E-state index contributed by atoms with van der Waals surface area (Å²) in [6, 6.07) is 5.65. The van der Waals surface area contributed by atoms with Gasteiger partial charge in [-0.25, -0.2) is 4.79 Å². The standard InChI is InChI=1S/C13H13BrO3/c14-11-6-2-5-10-9(11)4-1-3-8(13(10)17)7-12(15)16/h2,5-7,13,17H,1,3-4H2,(H,15,16)/b8-7+. The second kappa shape index (κ2) is 5.02. The van der Waals surface area contributed by atoms with Crippen molar-refractivity contribution in [3.63, 3.8) is 0 Å². The van der Waals surface area contributed by atoms with E-state index in [4.69, 9.17) is 5.11 Å². The van der Waals surface area contributed by atoms with Crippen molar-refractivity contribution in [1.82, 2.24) is 0 Å². The molecule has 0 saturated carbocycles. The predicted octanol–water partition coefficient (Wildman–Crippen LogP) is 2.83. The second-order valence-corrected chi connectivity index (χ2v) is 4.98.